The molecule has 0 unspecified atom stereocenters. The lowest BCUT2D eigenvalue weighted by atomic mass is 9.88. The van der Waals surface area contributed by atoms with Crippen molar-refractivity contribution in [2.75, 3.05) is 13.1 Å². The number of hydrogen-bond donors (Lipinski definition) is 1. The SMILES string of the molecule is Cc1cccc(CCNCC2CCC(=O)CC2)c1. The van der Waals surface area contributed by atoms with Crippen LogP contribution < -0.4 is 5.32 Å². The maximum absolute atomic E-state index is 11.1. The maximum Gasteiger partial charge on any atom is 0.132 e. The monoisotopic (exact) mass is 245 g/mol. The molecule has 1 aromatic rings. The lowest BCUT2D eigenvalue weighted by Crippen LogP contribution is -2.28. The first-order valence-electron chi connectivity index (χ1n) is 7.02. The van der Waals surface area contributed by atoms with Crippen LogP contribution in [-0.4, -0.2) is 18.9 Å². The number of carbonyl (C=O) groups is 1. The van der Waals surface area contributed by atoms with Crippen molar-refractivity contribution in [2.24, 2.45) is 5.92 Å². The quantitative estimate of drug-likeness (QED) is 0.808. The molecule has 0 heterocycles. The minimum Gasteiger partial charge on any atom is -0.316 e. The summed E-state index contributed by atoms with van der Waals surface area (Å²) in [7, 11) is 0. The number of benzene rings is 1. The van der Waals surface area contributed by atoms with Crippen LogP contribution in [-0.2, 0) is 11.2 Å². The molecule has 1 aliphatic carbocycles. The van der Waals surface area contributed by atoms with Crippen molar-refractivity contribution in [1.29, 1.82) is 0 Å². The molecule has 98 valence electrons. The van der Waals surface area contributed by atoms with Gasteiger partial charge in [-0.25, -0.2) is 0 Å². The van der Waals surface area contributed by atoms with Crippen LogP contribution in [0, 0.1) is 12.8 Å². The van der Waals surface area contributed by atoms with Gasteiger partial charge in [0.25, 0.3) is 0 Å². The van der Waals surface area contributed by atoms with E-state index < -0.39 is 0 Å². The van der Waals surface area contributed by atoms with E-state index in [0.717, 1.165) is 45.2 Å². The van der Waals surface area contributed by atoms with Crippen molar-refractivity contribution in [3.8, 4) is 0 Å². The Hall–Kier alpha value is -1.15. The van der Waals surface area contributed by atoms with E-state index in [1.54, 1.807) is 0 Å². The van der Waals surface area contributed by atoms with Crippen LogP contribution in [0.2, 0.25) is 0 Å². The second-order valence-corrected chi connectivity index (χ2v) is 5.43. The Bertz CT molecular complexity index is 390. The van der Waals surface area contributed by atoms with Crippen LogP contribution >= 0.6 is 0 Å². The zero-order chi connectivity index (χ0) is 12.8. The largest absolute Gasteiger partial charge is 0.316 e. The van der Waals surface area contributed by atoms with Crippen LogP contribution in [0.5, 0.6) is 0 Å². The van der Waals surface area contributed by atoms with Crippen molar-refractivity contribution in [1.82, 2.24) is 5.32 Å². The number of aryl methyl sites for hydroxylation is 1. The number of rotatable bonds is 5. The van der Waals surface area contributed by atoms with Gasteiger partial charge in [-0.15, -0.1) is 0 Å². The fraction of sp³-hybridized carbons (Fsp3) is 0.562. The first-order valence-corrected chi connectivity index (χ1v) is 7.02. The molecule has 0 saturated heterocycles. The highest BCUT2D eigenvalue weighted by atomic mass is 16.1. The summed E-state index contributed by atoms with van der Waals surface area (Å²) in [4.78, 5) is 11.1. The lowest BCUT2D eigenvalue weighted by molar-refractivity contribution is -0.120. The third-order valence-electron chi connectivity index (χ3n) is 3.77. The van der Waals surface area contributed by atoms with Gasteiger partial charge in [0.2, 0.25) is 0 Å². The van der Waals surface area contributed by atoms with Crippen LogP contribution in [0.25, 0.3) is 0 Å². The average Bonchev–Trinajstić information content (AvgIpc) is 2.37. The summed E-state index contributed by atoms with van der Waals surface area (Å²) < 4.78 is 0. The molecular weight excluding hydrogens is 222 g/mol. The Kier molecular flexibility index (Phi) is 4.94. The molecule has 2 rings (SSSR count). The Morgan fingerprint density at radius 1 is 1.28 bits per heavy atom. The molecule has 0 radical (unpaired) electrons. The number of ketones is 1. The summed E-state index contributed by atoms with van der Waals surface area (Å²) in [6.07, 6.45) is 4.84. The summed E-state index contributed by atoms with van der Waals surface area (Å²) >= 11 is 0. The zero-order valence-electron chi connectivity index (χ0n) is 11.2. The van der Waals surface area contributed by atoms with E-state index in [-0.39, 0.29) is 0 Å². The molecule has 0 aliphatic heterocycles. The first-order chi connectivity index (χ1) is 8.74. The van der Waals surface area contributed by atoms with Gasteiger partial charge in [0.1, 0.15) is 5.78 Å². The molecule has 1 aromatic carbocycles. The second-order valence-electron chi connectivity index (χ2n) is 5.43. The molecule has 2 nitrogen and oxygen atoms in total. The highest BCUT2D eigenvalue weighted by molar-refractivity contribution is 5.79. The normalized spacial score (nSPS) is 17.1. The van der Waals surface area contributed by atoms with Gasteiger partial charge in [-0.2, -0.15) is 0 Å². The lowest BCUT2D eigenvalue weighted by Gasteiger charge is -2.21. The zero-order valence-corrected chi connectivity index (χ0v) is 11.2. The third kappa shape index (κ3) is 4.26. The number of carbonyl (C=O) groups excluding carboxylic acids is 1. The molecule has 0 amide bonds. The summed E-state index contributed by atoms with van der Waals surface area (Å²) in [5.41, 5.74) is 2.74. The minimum atomic E-state index is 0.450. The van der Waals surface area contributed by atoms with E-state index in [4.69, 9.17) is 0 Å². The van der Waals surface area contributed by atoms with Gasteiger partial charge < -0.3 is 5.32 Å². The van der Waals surface area contributed by atoms with E-state index >= 15 is 0 Å². The van der Waals surface area contributed by atoms with Crippen LogP contribution in [0.15, 0.2) is 24.3 Å². The molecule has 0 aromatic heterocycles. The van der Waals surface area contributed by atoms with E-state index in [1.165, 1.54) is 11.1 Å². The van der Waals surface area contributed by atoms with E-state index in [2.05, 4.69) is 36.5 Å². The predicted octanol–water partition coefficient (Wildman–Crippen LogP) is 2.89. The topological polar surface area (TPSA) is 29.1 Å². The van der Waals surface area contributed by atoms with Crippen molar-refractivity contribution >= 4 is 5.78 Å². The fourth-order valence-corrected chi connectivity index (χ4v) is 2.61. The third-order valence-corrected chi connectivity index (χ3v) is 3.77. The van der Waals surface area contributed by atoms with E-state index in [0.29, 0.717) is 11.7 Å². The average molecular weight is 245 g/mol. The minimum absolute atomic E-state index is 0.450. The number of Topliss-reactive ketones (excluding diaryl/α,β-unsaturated/α-hetero) is 1. The maximum atomic E-state index is 11.1. The Morgan fingerprint density at radius 3 is 2.78 bits per heavy atom. The molecule has 1 aliphatic rings. The van der Waals surface area contributed by atoms with Gasteiger partial charge in [0.15, 0.2) is 0 Å². The second kappa shape index (κ2) is 6.69. The molecule has 2 heteroatoms. The molecule has 0 atom stereocenters. The van der Waals surface area contributed by atoms with Crippen LogP contribution in [0.3, 0.4) is 0 Å². The van der Waals surface area contributed by atoms with Crippen LogP contribution in [0.4, 0.5) is 0 Å². The van der Waals surface area contributed by atoms with Crippen LogP contribution in [0.1, 0.15) is 36.8 Å². The molecule has 0 bridgehead atoms. The summed E-state index contributed by atoms with van der Waals surface area (Å²) in [5, 5.41) is 3.53. The summed E-state index contributed by atoms with van der Waals surface area (Å²) in [6.45, 7) is 4.24. The molecule has 18 heavy (non-hydrogen) atoms. The van der Waals surface area contributed by atoms with Gasteiger partial charge in [-0.1, -0.05) is 29.8 Å². The van der Waals surface area contributed by atoms with Gasteiger partial charge >= 0.3 is 0 Å². The first kappa shape index (κ1) is 13.3. The Labute approximate surface area is 110 Å². The van der Waals surface area contributed by atoms with Crippen molar-refractivity contribution < 1.29 is 4.79 Å². The predicted molar refractivity (Wildman–Crippen MR) is 74.7 cm³/mol. The Morgan fingerprint density at radius 2 is 2.06 bits per heavy atom. The standard InChI is InChI=1S/C16H23NO/c1-13-3-2-4-14(11-13)9-10-17-12-15-5-7-16(18)8-6-15/h2-4,11,15,17H,5-10,12H2,1H3. The number of nitrogens with one attached hydrogen (secondary N) is 1. The smallest absolute Gasteiger partial charge is 0.132 e. The van der Waals surface area contributed by atoms with Crippen molar-refractivity contribution in [2.45, 2.75) is 39.0 Å². The fourth-order valence-electron chi connectivity index (χ4n) is 2.61. The molecule has 1 fully saturated rings. The van der Waals surface area contributed by atoms with Crippen molar-refractivity contribution in [3.63, 3.8) is 0 Å². The van der Waals surface area contributed by atoms with Gasteiger partial charge in [0, 0.05) is 12.8 Å². The molecule has 1 saturated carbocycles. The van der Waals surface area contributed by atoms with Gasteiger partial charge in [-0.3, -0.25) is 4.79 Å². The van der Waals surface area contributed by atoms with Gasteiger partial charge in [-0.05, 0) is 50.8 Å². The van der Waals surface area contributed by atoms with E-state index in [9.17, 15) is 4.79 Å². The summed E-state index contributed by atoms with van der Waals surface area (Å²) in [6, 6.07) is 8.70. The Balaban J connectivity index is 1.63. The van der Waals surface area contributed by atoms with Crippen molar-refractivity contribution in [3.05, 3.63) is 35.4 Å². The molecular formula is C16H23NO. The highest BCUT2D eigenvalue weighted by Crippen LogP contribution is 2.20. The van der Waals surface area contributed by atoms with E-state index in [1.807, 2.05) is 0 Å². The highest BCUT2D eigenvalue weighted by Gasteiger charge is 2.17. The molecule has 0 spiro atoms. The molecule has 1 N–H and O–H groups in total. The van der Waals surface area contributed by atoms with Gasteiger partial charge in [0.05, 0.1) is 0 Å². The number of hydrogen-bond acceptors (Lipinski definition) is 2. The summed E-state index contributed by atoms with van der Waals surface area (Å²) in [5.74, 6) is 1.16.